The number of amides is 1. The van der Waals surface area contributed by atoms with Crippen LogP contribution in [0.3, 0.4) is 0 Å². The molecule has 3 rings (SSSR count). The minimum atomic E-state index is -0.749. The van der Waals surface area contributed by atoms with Gasteiger partial charge in [-0.25, -0.2) is 13.8 Å². The van der Waals surface area contributed by atoms with E-state index < -0.39 is 11.6 Å². The van der Waals surface area contributed by atoms with Crippen LogP contribution < -0.4 is 15.4 Å². The average Bonchev–Trinajstić information content (AvgIpc) is 2.66. The lowest BCUT2D eigenvalue weighted by molar-refractivity contribution is 0.102. The Balaban J connectivity index is 1.71. The van der Waals surface area contributed by atoms with Gasteiger partial charge in [-0.2, -0.15) is 0 Å². The Kier molecular flexibility index (Phi) is 5.61. The van der Waals surface area contributed by atoms with Crippen molar-refractivity contribution < 1.29 is 18.3 Å². The summed E-state index contributed by atoms with van der Waals surface area (Å²) < 4.78 is 32.1. The lowest BCUT2D eigenvalue weighted by Gasteiger charge is -2.10. The predicted molar refractivity (Wildman–Crippen MR) is 99.4 cm³/mol. The highest BCUT2D eigenvalue weighted by Crippen LogP contribution is 2.21. The summed E-state index contributed by atoms with van der Waals surface area (Å²) in [5, 5.41) is 5.49. The highest BCUT2D eigenvalue weighted by atomic mass is 19.1. The highest BCUT2D eigenvalue weighted by Gasteiger charge is 2.10. The summed E-state index contributed by atoms with van der Waals surface area (Å²) >= 11 is 0. The van der Waals surface area contributed by atoms with E-state index in [9.17, 15) is 13.6 Å². The summed E-state index contributed by atoms with van der Waals surface area (Å²) in [5.41, 5.74) is 1.01. The molecule has 0 bridgehead atoms. The lowest BCUT2D eigenvalue weighted by Crippen LogP contribution is -2.12. The van der Waals surface area contributed by atoms with Crippen LogP contribution in [0, 0.1) is 11.6 Å². The van der Waals surface area contributed by atoms with Gasteiger partial charge in [-0.1, -0.05) is 0 Å². The van der Waals surface area contributed by atoms with Gasteiger partial charge in [0, 0.05) is 23.5 Å². The number of anilines is 3. The van der Waals surface area contributed by atoms with E-state index in [2.05, 4.69) is 15.6 Å². The van der Waals surface area contributed by atoms with Crippen molar-refractivity contribution in [1.82, 2.24) is 4.98 Å². The summed E-state index contributed by atoms with van der Waals surface area (Å²) in [6.45, 7) is 2.45. The monoisotopic (exact) mass is 369 g/mol. The first-order chi connectivity index (χ1) is 13.0. The van der Waals surface area contributed by atoms with E-state index >= 15 is 0 Å². The number of pyridine rings is 1. The van der Waals surface area contributed by atoms with Crippen LogP contribution in [0.5, 0.6) is 5.75 Å². The molecule has 0 atom stereocenters. The predicted octanol–water partition coefficient (Wildman–Crippen LogP) is 4.75. The van der Waals surface area contributed by atoms with E-state index in [0.29, 0.717) is 23.6 Å². The Morgan fingerprint density at radius 3 is 2.56 bits per heavy atom. The minimum Gasteiger partial charge on any atom is -0.494 e. The molecule has 7 heteroatoms. The third kappa shape index (κ3) is 4.78. The first-order valence-electron chi connectivity index (χ1n) is 8.27. The Morgan fingerprint density at radius 2 is 1.85 bits per heavy atom. The van der Waals surface area contributed by atoms with Crippen LogP contribution in [0.4, 0.5) is 26.0 Å². The molecule has 1 amide bonds. The van der Waals surface area contributed by atoms with Crippen molar-refractivity contribution in [3.8, 4) is 5.75 Å². The quantitative estimate of drug-likeness (QED) is 0.658. The molecule has 0 saturated heterocycles. The maximum absolute atomic E-state index is 13.8. The van der Waals surface area contributed by atoms with E-state index in [0.717, 1.165) is 12.1 Å². The number of hydrogen-bond donors (Lipinski definition) is 2. The number of ether oxygens (including phenoxy) is 1. The van der Waals surface area contributed by atoms with E-state index in [1.54, 1.807) is 24.3 Å². The van der Waals surface area contributed by atoms with Crippen molar-refractivity contribution >= 4 is 23.1 Å². The Hall–Kier alpha value is -3.48. The Morgan fingerprint density at radius 1 is 1.07 bits per heavy atom. The average molecular weight is 369 g/mol. The molecule has 0 aliphatic heterocycles. The van der Waals surface area contributed by atoms with Gasteiger partial charge in [0.05, 0.1) is 12.3 Å². The third-order valence-corrected chi connectivity index (χ3v) is 3.64. The van der Waals surface area contributed by atoms with Gasteiger partial charge >= 0.3 is 0 Å². The normalized spacial score (nSPS) is 10.3. The van der Waals surface area contributed by atoms with Gasteiger partial charge in [0.15, 0.2) is 0 Å². The second-order valence-corrected chi connectivity index (χ2v) is 5.59. The second-order valence-electron chi connectivity index (χ2n) is 5.59. The molecule has 0 unspecified atom stereocenters. The van der Waals surface area contributed by atoms with Crippen LogP contribution in [0.1, 0.15) is 17.3 Å². The molecular formula is C20H17F2N3O2. The number of nitrogens with one attached hydrogen (secondary N) is 2. The first-order valence-corrected chi connectivity index (χ1v) is 8.27. The number of benzene rings is 2. The number of nitrogens with zero attached hydrogens (tertiary/aromatic N) is 1. The van der Waals surface area contributed by atoms with Gasteiger partial charge in [0.2, 0.25) is 0 Å². The molecule has 1 heterocycles. The smallest absolute Gasteiger partial charge is 0.255 e. The molecule has 3 aromatic rings. The molecule has 0 aliphatic rings. The lowest BCUT2D eigenvalue weighted by atomic mass is 10.2. The highest BCUT2D eigenvalue weighted by molar-refractivity contribution is 6.04. The summed E-state index contributed by atoms with van der Waals surface area (Å²) in [4.78, 5) is 16.5. The second kappa shape index (κ2) is 8.27. The minimum absolute atomic E-state index is 0.0629. The number of halogens is 2. The maximum atomic E-state index is 13.8. The number of rotatable bonds is 6. The Labute approximate surface area is 155 Å². The fraction of sp³-hybridized carbons (Fsp3) is 0.100. The van der Waals surface area contributed by atoms with Crippen molar-refractivity contribution in [2.75, 3.05) is 17.2 Å². The van der Waals surface area contributed by atoms with Crippen molar-refractivity contribution in [1.29, 1.82) is 0 Å². The zero-order valence-corrected chi connectivity index (χ0v) is 14.5. The van der Waals surface area contributed by atoms with Crippen molar-refractivity contribution in [2.45, 2.75) is 6.92 Å². The summed E-state index contributed by atoms with van der Waals surface area (Å²) in [6.07, 6.45) is 1.43. The molecule has 2 N–H and O–H groups in total. The molecule has 138 valence electrons. The van der Waals surface area contributed by atoms with Crippen LogP contribution >= 0.6 is 0 Å². The summed E-state index contributed by atoms with van der Waals surface area (Å²) in [7, 11) is 0. The van der Waals surface area contributed by atoms with Crippen LogP contribution in [-0.4, -0.2) is 17.5 Å². The number of hydrogen-bond acceptors (Lipinski definition) is 4. The van der Waals surface area contributed by atoms with Gasteiger partial charge in [-0.05, 0) is 55.5 Å². The molecule has 0 fully saturated rings. The third-order valence-electron chi connectivity index (χ3n) is 3.64. The van der Waals surface area contributed by atoms with E-state index in [4.69, 9.17) is 4.74 Å². The zero-order valence-electron chi connectivity index (χ0n) is 14.5. The molecule has 0 spiro atoms. The van der Waals surface area contributed by atoms with Gasteiger partial charge in [-0.3, -0.25) is 4.79 Å². The molecule has 0 aliphatic carbocycles. The van der Waals surface area contributed by atoms with E-state index in [1.165, 1.54) is 24.4 Å². The van der Waals surface area contributed by atoms with Crippen LogP contribution in [0.25, 0.3) is 0 Å². The molecule has 1 aromatic heterocycles. The fourth-order valence-electron chi connectivity index (χ4n) is 2.37. The number of carbonyl (C=O) groups is 1. The summed E-state index contributed by atoms with van der Waals surface area (Å²) in [5.74, 6) is -0.785. The Bertz CT molecular complexity index is 946. The summed E-state index contributed by atoms with van der Waals surface area (Å²) in [6, 6.07) is 13.2. The number of carbonyl (C=O) groups excluding carboxylic acids is 1. The number of aromatic nitrogens is 1. The largest absolute Gasteiger partial charge is 0.494 e. The topological polar surface area (TPSA) is 63.2 Å². The molecule has 0 radical (unpaired) electrons. The zero-order chi connectivity index (χ0) is 19.2. The van der Waals surface area contributed by atoms with Gasteiger partial charge in [0.25, 0.3) is 5.91 Å². The van der Waals surface area contributed by atoms with Gasteiger partial charge in [-0.15, -0.1) is 0 Å². The molecule has 27 heavy (non-hydrogen) atoms. The van der Waals surface area contributed by atoms with Gasteiger partial charge in [0.1, 0.15) is 23.2 Å². The fourth-order valence-corrected chi connectivity index (χ4v) is 2.37. The molecular weight excluding hydrogens is 352 g/mol. The van der Waals surface area contributed by atoms with Crippen molar-refractivity contribution in [3.05, 3.63) is 78.0 Å². The SMILES string of the molecule is CCOc1ccc(NC(=O)c2ccnc(Nc3ccc(F)cc3F)c2)cc1. The molecule has 5 nitrogen and oxygen atoms in total. The maximum Gasteiger partial charge on any atom is 0.255 e. The molecule has 0 saturated carbocycles. The standard InChI is InChI=1S/C20H17F2N3O2/c1-2-27-16-6-4-15(5-7-16)24-20(26)13-9-10-23-19(11-13)25-18-8-3-14(21)12-17(18)22/h3-12H,2H2,1H3,(H,23,25)(H,24,26). The van der Waals surface area contributed by atoms with E-state index in [-0.39, 0.29) is 17.4 Å². The van der Waals surface area contributed by atoms with Gasteiger partial charge < -0.3 is 15.4 Å². The van der Waals surface area contributed by atoms with Crippen LogP contribution in [0.15, 0.2) is 60.8 Å². The van der Waals surface area contributed by atoms with Crippen molar-refractivity contribution in [3.63, 3.8) is 0 Å². The first kappa shape index (κ1) is 18.3. The van der Waals surface area contributed by atoms with Crippen LogP contribution in [-0.2, 0) is 0 Å². The van der Waals surface area contributed by atoms with E-state index in [1.807, 2.05) is 6.92 Å². The van der Waals surface area contributed by atoms with Crippen molar-refractivity contribution in [2.24, 2.45) is 0 Å². The molecule has 2 aromatic carbocycles. The van der Waals surface area contributed by atoms with Crippen LogP contribution in [0.2, 0.25) is 0 Å².